The first kappa shape index (κ1) is 15.2. The third-order valence-electron chi connectivity index (χ3n) is 2.68. The van der Waals surface area contributed by atoms with Crippen molar-refractivity contribution in [3.05, 3.63) is 45.7 Å². The smallest absolute Gasteiger partial charge is 0.271 e. The van der Waals surface area contributed by atoms with E-state index in [1.54, 1.807) is 12.1 Å². The number of aliphatic hydroxyl groups is 1. The standard InChI is InChI=1S/C15H15N3O2S/c1-10-9-21-15(17-10)11(2)18-14(20)13-12(6-4-8-19)5-3-7-16-13/h3,5,7,9,11,19H,8H2,1-2H3,(H,18,20). The number of pyridine rings is 1. The van der Waals surface area contributed by atoms with E-state index >= 15 is 0 Å². The molecule has 1 atom stereocenters. The molecule has 6 heteroatoms. The Morgan fingerprint density at radius 2 is 2.38 bits per heavy atom. The van der Waals surface area contributed by atoms with Gasteiger partial charge >= 0.3 is 0 Å². The van der Waals surface area contributed by atoms with Crippen LogP contribution in [0.25, 0.3) is 0 Å². The first-order valence-electron chi connectivity index (χ1n) is 6.39. The Morgan fingerprint density at radius 3 is 3.05 bits per heavy atom. The van der Waals surface area contributed by atoms with Gasteiger partial charge in [-0.3, -0.25) is 4.79 Å². The molecular formula is C15H15N3O2S. The van der Waals surface area contributed by atoms with E-state index in [0.717, 1.165) is 10.7 Å². The number of nitrogens with one attached hydrogen (secondary N) is 1. The summed E-state index contributed by atoms with van der Waals surface area (Å²) in [7, 11) is 0. The number of hydrogen-bond donors (Lipinski definition) is 2. The molecule has 2 aromatic heterocycles. The van der Waals surface area contributed by atoms with E-state index in [4.69, 9.17) is 5.11 Å². The van der Waals surface area contributed by atoms with Crippen molar-refractivity contribution in [1.29, 1.82) is 0 Å². The molecule has 0 radical (unpaired) electrons. The molecular weight excluding hydrogens is 286 g/mol. The summed E-state index contributed by atoms with van der Waals surface area (Å²) in [6, 6.07) is 3.20. The molecule has 0 saturated carbocycles. The van der Waals surface area contributed by atoms with E-state index in [1.165, 1.54) is 17.5 Å². The first-order valence-corrected chi connectivity index (χ1v) is 7.27. The average molecular weight is 301 g/mol. The fourth-order valence-electron chi connectivity index (χ4n) is 1.72. The Hall–Kier alpha value is -2.23. The normalized spacial score (nSPS) is 11.4. The van der Waals surface area contributed by atoms with E-state index in [-0.39, 0.29) is 24.2 Å². The van der Waals surface area contributed by atoms with Gasteiger partial charge in [0.2, 0.25) is 0 Å². The van der Waals surface area contributed by atoms with E-state index < -0.39 is 0 Å². The van der Waals surface area contributed by atoms with Gasteiger partial charge in [0.25, 0.3) is 5.91 Å². The second-order valence-electron chi connectivity index (χ2n) is 4.38. The first-order chi connectivity index (χ1) is 10.1. The number of aliphatic hydroxyl groups excluding tert-OH is 1. The summed E-state index contributed by atoms with van der Waals surface area (Å²) in [5.74, 6) is 4.94. The molecule has 21 heavy (non-hydrogen) atoms. The lowest BCUT2D eigenvalue weighted by atomic mass is 10.2. The van der Waals surface area contributed by atoms with Gasteiger partial charge in [-0.25, -0.2) is 9.97 Å². The molecule has 1 unspecified atom stereocenters. The van der Waals surface area contributed by atoms with Crippen molar-refractivity contribution in [3.8, 4) is 11.8 Å². The SMILES string of the molecule is Cc1csc(C(C)NC(=O)c2ncccc2C#CCO)n1. The summed E-state index contributed by atoms with van der Waals surface area (Å²) in [5, 5.41) is 14.4. The highest BCUT2D eigenvalue weighted by Gasteiger charge is 2.17. The number of nitrogens with zero attached hydrogens (tertiary/aromatic N) is 2. The number of hydrogen-bond acceptors (Lipinski definition) is 5. The van der Waals surface area contributed by atoms with E-state index in [1.807, 2.05) is 19.2 Å². The highest BCUT2D eigenvalue weighted by atomic mass is 32.1. The molecule has 0 aliphatic rings. The number of rotatable bonds is 3. The van der Waals surface area contributed by atoms with Crippen LogP contribution in [0.2, 0.25) is 0 Å². The van der Waals surface area contributed by atoms with Crippen molar-refractivity contribution in [2.45, 2.75) is 19.9 Å². The number of carbonyl (C=O) groups is 1. The number of aromatic nitrogens is 2. The summed E-state index contributed by atoms with van der Waals surface area (Å²) in [5.41, 5.74) is 1.67. The van der Waals surface area contributed by atoms with Crippen LogP contribution in [0.3, 0.4) is 0 Å². The summed E-state index contributed by atoms with van der Waals surface area (Å²) in [6.07, 6.45) is 1.54. The average Bonchev–Trinajstić information content (AvgIpc) is 2.92. The van der Waals surface area contributed by atoms with E-state index in [9.17, 15) is 4.79 Å². The zero-order valence-electron chi connectivity index (χ0n) is 11.8. The minimum absolute atomic E-state index is 0.197. The van der Waals surface area contributed by atoms with Crippen molar-refractivity contribution in [3.63, 3.8) is 0 Å². The van der Waals surface area contributed by atoms with Crippen molar-refractivity contribution < 1.29 is 9.90 Å². The number of amides is 1. The van der Waals surface area contributed by atoms with Gasteiger partial charge in [-0.05, 0) is 26.0 Å². The van der Waals surface area contributed by atoms with Crippen LogP contribution in [0, 0.1) is 18.8 Å². The van der Waals surface area contributed by atoms with Crippen LogP contribution < -0.4 is 5.32 Å². The number of aryl methyl sites for hydroxylation is 1. The third kappa shape index (κ3) is 3.88. The van der Waals surface area contributed by atoms with Crippen LogP contribution in [0.1, 0.15) is 39.7 Å². The molecule has 1 amide bonds. The van der Waals surface area contributed by atoms with Gasteiger partial charge in [0.15, 0.2) is 0 Å². The molecule has 0 aliphatic heterocycles. The van der Waals surface area contributed by atoms with Crippen LogP contribution in [-0.2, 0) is 0 Å². The number of carbonyl (C=O) groups excluding carboxylic acids is 1. The number of thiazole rings is 1. The molecule has 2 heterocycles. The Balaban J connectivity index is 2.17. The summed E-state index contributed by atoms with van der Waals surface area (Å²) in [6.45, 7) is 3.53. The minimum atomic E-state index is -0.307. The van der Waals surface area contributed by atoms with Crippen molar-refractivity contribution in [1.82, 2.24) is 15.3 Å². The van der Waals surface area contributed by atoms with Gasteiger partial charge in [0.1, 0.15) is 17.3 Å². The van der Waals surface area contributed by atoms with Gasteiger partial charge in [0, 0.05) is 17.3 Å². The zero-order valence-corrected chi connectivity index (χ0v) is 12.6. The second-order valence-corrected chi connectivity index (χ2v) is 5.27. The fraction of sp³-hybridized carbons (Fsp3) is 0.267. The predicted octanol–water partition coefficient (Wildman–Crippen LogP) is 1.68. The molecule has 2 aromatic rings. The summed E-state index contributed by atoms with van der Waals surface area (Å²) in [4.78, 5) is 20.7. The molecule has 0 saturated heterocycles. The lowest BCUT2D eigenvalue weighted by Gasteiger charge is -2.11. The van der Waals surface area contributed by atoms with Crippen LogP contribution >= 0.6 is 11.3 Å². The molecule has 0 fully saturated rings. The second kappa shape index (κ2) is 6.97. The van der Waals surface area contributed by atoms with Crippen LogP contribution in [0.15, 0.2) is 23.7 Å². The molecule has 2 N–H and O–H groups in total. The molecule has 0 bridgehead atoms. The van der Waals surface area contributed by atoms with Gasteiger partial charge < -0.3 is 10.4 Å². The van der Waals surface area contributed by atoms with E-state index in [0.29, 0.717) is 5.56 Å². The fourth-order valence-corrected chi connectivity index (χ4v) is 2.52. The molecule has 0 aromatic carbocycles. The van der Waals surface area contributed by atoms with Gasteiger partial charge in [-0.15, -0.1) is 11.3 Å². The van der Waals surface area contributed by atoms with Crippen molar-refractivity contribution >= 4 is 17.2 Å². The van der Waals surface area contributed by atoms with Gasteiger partial charge in [-0.2, -0.15) is 0 Å². The van der Waals surface area contributed by atoms with Crippen LogP contribution in [-0.4, -0.2) is 27.6 Å². The Labute approximate surface area is 127 Å². The van der Waals surface area contributed by atoms with Gasteiger partial charge in [0.05, 0.1) is 11.6 Å². The predicted molar refractivity (Wildman–Crippen MR) is 80.9 cm³/mol. The lowest BCUT2D eigenvalue weighted by Crippen LogP contribution is -2.28. The summed E-state index contributed by atoms with van der Waals surface area (Å²) >= 11 is 1.51. The molecule has 0 spiro atoms. The lowest BCUT2D eigenvalue weighted by molar-refractivity contribution is 0.0934. The summed E-state index contributed by atoms with van der Waals surface area (Å²) < 4.78 is 0. The Morgan fingerprint density at radius 1 is 1.57 bits per heavy atom. The zero-order chi connectivity index (χ0) is 15.2. The highest BCUT2D eigenvalue weighted by Crippen LogP contribution is 2.18. The Bertz CT molecular complexity index is 700. The maximum atomic E-state index is 12.3. The van der Waals surface area contributed by atoms with Crippen molar-refractivity contribution in [2.24, 2.45) is 0 Å². The van der Waals surface area contributed by atoms with Crippen LogP contribution in [0.4, 0.5) is 0 Å². The molecule has 5 nitrogen and oxygen atoms in total. The monoisotopic (exact) mass is 301 g/mol. The van der Waals surface area contributed by atoms with Crippen molar-refractivity contribution in [2.75, 3.05) is 6.61 Å². The molecule has 108 valence electrons. The van der Waals surface area contributed by atoms with E-state index in [2.05, 4.69) is 27.1 Å². The molecule has 0 aliphatic carbocycles. The molecule has 2 rings (SSSR count). The highest BCUT2D eigenvalue weighted by molar-refractivity contribution is 7.09. The maximum absolute atomic E-state index is 12.3. The van der Waals surface area contributed by atoms with Crippen LogP contribution in [0.5, 0.6) is 0 Å². The Kier molecular flexibility index (Phi) is 5.04. The minimum Gasteiger partial charge on any atom is -0.384 e. The maximum Gasteiger partial charge on any atom is 0.271 e. The topological polar surface area (TPSA) is 75.1 Å². The van der Waals surface area contributed by atoms with Gasteiger partial charge in [-0.1, -0.05) is 11.8 Å². The largest absolute Gasteiger partial charge is 0.384 e. The quantitative estimate of drug-likeness (QED) is 0.846. The third-order valence-corrected chi connectivity index (χ3v) is 3.82.